The van der Waals surface area contributed by atoms with Gasteiger partial charge in [-0.25, -0.2) is 4.98 Å². The summed E-state index contributed by atoms with van der Waals surface area (Å²) in [5.41, 5.74) is 0.968. The zero-order valence-electron chi connectivity index (χ0n) is 12.8. The molecule has 0 radical (unpaired) electrons. The molecule has 0 bridgehead atoms. The lowest BCUT2D eigenvalue weighted by Gasteiger charge is -2.24. The van der Waals surface area contributed by atoms with Crippen molar-refractivity contribution >= 4 is 11.6 Å². The van der Waals surface area contributed by atoms with E-state index in [1.807, 2.05) is 52.0 Å². The normalized spacial score (nSPS) is 11.4. The van der Waals surface area contributed by atoms with Gasteiger partial charge < -0.3 is 10.6 Å². The number of likely N-dealkylation sites (N-methyl/N-ethyl adjacent to an activating group) is 1. The first-order chi connectivity index (χ1) is 9.92. The van der Waals surface area contributed by atoms with E-state index in [1.54, 1.807) is 0 Å². The van der Waals surface area contributed by atoms with E-state index in [2.05, 4.69) is 25.8 Å². The van der Waals surface area contributed by atoms with Crippen LogP contribution in [-0.2, 0) is 4.79 Å². The summed E-state index contributed by atoms with van der Waals surface area (Å²) in [6.07, 6.45) is 0. The Kier molecular flexibility index (Phi) is 4.37. The minimum atomic E-state index is -0.619. The topological polar surface area (TPSA) is 82.7 Å². The first kappa shape index (κ1) is 15.2. The number of nitrogens with one attached hydrogen (secondary N) is 3. The van der Waals surface area contributed by atoms with Crippen LogP contribution in [0.25, 0.3) is 11.4 Å². The van der Waals surface area contributed by atoms with Gasteiger partial charge in [-0.2, -0.15) is 5.10 Å². The highest BCUT2D eigenvalue weighted by molar-refractivity contribution is 5.97. The lowest BCUT2D eigenvalue weighted by Crippen LogP contribution is -2.49. The highest BCUT2D eigenvalue weighted by Crippen LogP contribution is 2.20. The number of H-pyrrole nitrogens is 1. The smallest absolute Gasteiger partial charge is 0.244 e. The largest absolute Gasteiger partial charge is 0.324 e. The Morgan fingerprint density at radius 3 is 2.76 bits per heavy atom. The van der Waals surface area contributed by atoms with Crippen LogP contribution in [0.2, 0.25) is 0 Å². The Hall–Kier alpha value is -2.21. The van der Waals surface area contributed by atoms with E-state index in [9.17, 15) is 4.79 Å². The van der Waals surface area contributed by atoms with E-state index >= 15 is 0 Å². The molecule has 0 aliphatic carbocycles. The average molecular weight is 287 g/mol. The van der Waals surface area contributed by atoms with E-state index in [4.69, 9.17) is 0 Å². The standard InChI is InChI=1S/C15H21N5O/c1-5-16-15(3,4)14(21)18-12-8-6-7-11(9-12)13-17-10(2)19-20-13/h6-9,16H,5H2,1-4H3,(H,18,21)(H,17,19,20). The molecule has 21 heavy (non-hydrogen) atoms. The van der Waals surface area contributed by atoms with Gasteiger partial charge in [0.25, 0.3) is 0 Å². The van der Waals surface area contributed by atoms with Gasteiger partial charge >= 0.3 is 0 Å². The van der Waals surface area contributed by atoms with Crippen LogP contribution in [0, 0.1) is 6.92 Å². The van der Waals surface area contributed by atoms with Gasteiger partial charge in [-0.15, -0.1) is 0 Å². The average Bonchev–Trinajstić information content (AvgIpc) is 2.86. The van der Waals surface area contributed by atoms with Gasteiger partial charge in [0.2, 0.25) is 5.91 Å². The Morgan fingerprint density at radius 2 is 2.14 bits per heavy atom. The molecule has 0 saturated heterocycles. The zero-order chi connectivity index (χ0) is 15.5. The number of anilines is 1. The molecule has 0 saturated carbocycles. The molecule has 0 aliphatic heterocycles. The fourth-order valence-electron chi connectivity index (χ4n) is 2.02. The number of hydrogen-bond acceptors (Lipinski definition) is 4. The Morgan fingerprint density at radius 1 is 1.38 bits per heavy atom. The number of rotatable bonds is 5. The van der Waals surface area contributed by atoms with Crippen molar-refractivity contribution in [3.8, 4) is 11.4 Å². The minimum Gasteiger partial charge on any atom is -0.324 e. The number of aromatic amines is 1. The Balaban J connectivity index is 2.17. The third-order valence-corrected chi connectivity index (χ3v) is 3.16. The van der Waals surface area contributed by atoms with Gasteiger partial charge in [0.1, 0.15) is 5.82 Å². The number of carbonyl (C=O) groups excluding carboxylic acids is 1. The number of nitrogens with zero attached hydrogens (tertiary/aromatic N) is 2. The molecule has 1 amide bonds. The summed E-state index contributed by atoms with van der Waals surface area (Å²) in [5.74, 6) is 1.30. The number of carbonyl (C=O) groups is 1. The molecule has 1 aromatic carbocycles. The van der Waals surface area contributed by atoms with Crippen LogP contribution in [0.1, 0.15) is 26.6 Å². The molecule has 0 fully saturated rings. The maximum atomic E-state index is 12.3. The summed E-state index contributed by atoms with van der Waals surface area (Å²) in [7, 11) is 0. The first-order valence-electron chi connectivity index (χ1n) is 6.98. The molecule has 2 rings (SSSR count). The lowest BCUT2D eigenvalue weighted by molar-refractivity contribution is -0.121. The summed E-state index contributed by atoms with van der Waals surface area (Å²) in [6, 6.07) is 7.50. The monoisotopic (exact) mass is 287 g/mol. The molecule has 0 aliphatic rings. The summed E-state index contributed by atoms with van der Waals surface area (Å²) in [5, 5.41) is 13.0. The SMILES string of the molecule is CCNC(C)(C)C(=O)Nc1cccc(-c2n[nH]c(C)n2)c1. The molecule has 6 heteroatoms. The number of amides is 1. The van der Waals surface area contributed by atoms with Crippen LogP contribution >= 0.6 is 0 Å². The van der Waals surface area contributed by atoms with Crippen molar-refractivity contribution in [1.82, 2.24) is 20.5 Å². The van der Waals surface area contributed by atoms with E-state index in [0.717, 1.165) is 23.6 Å². The van der Waals surface area contributed by atoms with Crippen LogP contribution < -0.4 is 10.6 Å². The third kappa shape index (κ3) is 3.66. The summed E-state index contributed by atoms with van der Waals surface area (Å²) in [6.45, 7) is 8.27. The van der Waals surface area contributed by atoms with Gasteiger partial charge in [-0.3, -0.25) is 9.89 Å². The van der Waals surface area contributed by atoms with Gasteiger partial charge in [-0.1, -0.05) is 19.1 Å². The van der Waals surface area contributed by atoms with Gasteiger partial charge in [0.05, 0.1) is 5.54 Å². The molecule has 0 spiro atoms. The number of aromatic nitrogens is 3. The molecule has 0 atom stereocenters. The molecule has 112 valence electrons. The lowest BCUT2D eigenvalue weighted by atomic mass is 10.0. The van der Waals surface area contributed by atoms with Gasteiger partial charge in [-0.05, 0) is 39.4 Å². The maximum absolute atomic E-state index is 12.3. The Bertz CT molecular complexity index is 632. The first-order valence-corrected chi connectivity index (χ1v) is 6.98. The van der Waals surface area contributed by atoms with Crippen LogP contribution in [0.5, 0.6) is 0 Å². The van der Waals surface area contributed by atoms with Crippen molar-refractivity contribution < 1.29 is 4.79 Å². The van der Waals surface area contributed by atoms with E-state index in [-0.39, 0.29) is 5.91 Å². The van der Waals surface area contributed by atoms with Crippen molar-refractivity contribution in [3.63, 3.8) is 0 Å². The van der Waals surface area contributed by atoms with Gasteiger partial charge in [0.15, 0.2) is 5.82 Å². The van der Waals surface area contributed by atoms with E-state index < -0.39 is 5.54 Å². The second kappa shape index (κ2) is 6.05. The van der Waals surface area contributed by atoms with Crippen molar-refractivity contribution in [1.29, 1.82) is 0 Å². The number of benzene rings is 1. The van der Waals surface area contributed by atoms with Crippen molar-refractivity contribution in [2.45, 2.75) is 33.2 Å². The minimum absolute atomic E-state index is 0.0762. The van der Waals surface area contributed by atoms with Crippen LogP contribution in [0.3, 0.4) is 0 Å². The number of hydrogen-bond donors (Lipinski definition) is 3. The summed E-state index contributed by atoms with van der Waals surface area (Å²) < 4.78 is 0. The van der Waals surface area contributed by atoms with E-state index in [0.29, 0.717) is 5.82 Å². The Labute approximate surface area is 124 Å². The molecular weight excluding hydrogens is 266 g/mol. The highest BCUT2D eigenvalue weighted by atomic mass is 16.2. The zero-order valence-corrected chi connectivity index (χ0v) is 12.8. The molecule has 6 nitrogen and oxygen atoms in total. The van der Waals surface area contributed by atoms with E-state index in [1.165, 1.54) is 0 Å². The van der Waals surface area contributed by atoms with Crippen LogP contribution in [-0.4, -0.2) is 33.2 Å². The van der Waals surface area contributed by atoms with Gasteiger partial charge in [0, 0.05) is 11.3 Å². The maximum Gasteiger partial charge on any atom is 0.244 e. The molecule has 1 aromatic heterocycles. The quantitative estimate of drug-likeness (QED) is 0.786. The summed E-state index contributed by atoms with van der Waals surface area (Å²) in [4.78, 5) is 16.6. The highest BCUT2D eigenvalue weighted by Gasteiger charge is 2.26. The molecule has 2 aromatic rings. The second-order valence-corrected chi connectivity index (χ2v) is 5.43. The predicted molar refractivity (Wildman–Crippen MR) is 82.9 cm³/mol. The second-order valence-electron chi connectivity index (χ2n) is 5.43. The van der Waals surface area contributed by atoms with Crippen LogP contribution in [0.4, 0.5) is 5.69 Å². The molecule has 1 heterocycles. The predicted octanol–water partition coefficient (Wildman–Crippen LogP) is 2.11. The van der Waals surface area contributed by atoms with Crippen LogP contribution in [0.15, 0.2) is 24.3 Å². The van der Waals surface area contributed by atoms with Crippen molar-refractivity contribution in [2.75, 3.05) is 11.9 Å². The number of aryl methyl sites for hydroxylation is 1. The molecule has 0 unspecified atom stereocenters. The summed E-state index contributed by atoms with van der Waals surface area (Å²) >= 11 is 0. The van der Waals surface area contributed by atoms with Crippen molar-refractivity contribution in [2.24, 2.45) is 0 Å². The molecule has 3 N–H and O–H groups in total. The fraction of sp³-hybridized carbons (Fsp3) is 0.400. The van der Waals surface area contributed by atoms with Crippen molar-refractivity contribution in [3.05, 3.63) is 30.1 Å². The third-order valence-electron chi connectivity index (χ3n) is 3.16. The fourth-order valence-corrected chi connectivity index (χ4v) is 2.02. The molecular formula is C15H21N5O.